The van der Waals surface area contributed by atoms with Crippen molar-refractivity contribution in [2.45, 2.75) is 25.6 Å². The molecule has 1 atom stereocenters. The zero-order valence-corrected chi connectivity index (χ0v) is 10.0. The van der Waals surface area contributed by atoms with E-state index in [4.69, 9.17) is 16.0 Å². The molecule has 15 heavy (non-hydrogen) atoms. The van der Waals surface area contributed by atoms with E-state index >= 15 is 0 Å². The highest BCUT2D eigenvalue weighted by molar-refractivity contribution is 6.20. The van der Waals surface area contributed by atoms with E-state index in [2.05, 4.69) is 0 Å². The summed E-state index contributed by atoms with van der Waals surface area (Å²) in [5.41, 5.74) is 0. The third-order valence-corrected chi connectivity index (χ3v) is 2.38. The van der Waals surface area contributed by atoms with E-state index < -0.39 is 0 Å². The summed E-state index contributed by atoms with van der Waals surface area (Å²) in [5, 5.41) is 0.0820. The van der Waals surface area contributed by atoms with Gasteiger partial charge in [0, 0.05) is 19.0 Å². The lowest BCUT2D eigenvalue weighted by Gasteiger charge is -2.16. The Hall–Kier alpha value is -0.960. The van der Waals surface area contributed by atoms with E-state index in [1.165, 1.54) is 0 Å². The Balaban J connectivity index is 2.53. The summed E-state index contributed by atoms with van der Waals surface area (Å²) in [6.07, 6.45) is 0.781. The molecule has 0 N–H and O–H groups in total. The molecule has 0 fully saturated rings. The maximum Gasteiger partial charge on any atom is 0.289 e. The molecule has 4 heteroatoms. The van der Waals surface area contributed by atoms with E-state index in [0.717, 1.165) is 12.2 Å². The Bertz CT molecular complexity index is 333. The highest BCUT2D eigenvalue weighted by Gasteiger charge is 2.15. The molecule has 1 rings (SSSR count). The van der Waals surface area contributed by atoms with Crippen LogP contribution in [0.4, 0.5) is 0 Å². The van der Waals surface area contributed by atoms with Crippen molar-refractivity contribution >= 4 is 17.5 Å². The second kappa shape index (κ2) is 5.21. The van der Waals surface area contributed by atoms with Crippen molar-refractivity contribution in [2.24, 2.45) is 0 Å². The van der Waals surface area contributed by atoms with Crippen molar-refractivity contribution in [1.82, 2.24) is 4.90 Å². The lowest BCUT2D eigenvalue weighted by molar-refractivity contribution is 0.0761. The van der Waals surface area contributed by atoms with E-state index in [1.807, 2.05) is 13.8 Å². The first-order valence-corrected chi connectivity index (χ1v) is 5.40. The molecule has 0 aliphatic rings. The average molecular weight is 230 g/mol. The quantitative estimate of drug-likeness (QED) is 0.744. The fraction of sp³-hybridized carbons (Fsp3) is 0.545. The Labute approximate surface area is 95.0 Å². The van der Waals surface area contributed by atoms with E-state index in [9.17, 15) is 4.79 Å². The number of rotatable bonds is 4. The molecule has 0 aromatic carbocycles. The minimum atomic E-state index is -0.0968. The smallest absolute Gasteiger partial charge is 0.289 e. The molecule has 0 radical (unpaired) electrons. The highest BCUT2D eigenvalue weighted by Crippen LogP contribution is 2.10. The van der Waals surface area contributed by atoms with Crippen LogP contribution in [0.2, 0.25) is 0 Å². The van der Waals surface area contributed by atoms with Gasteiger partial charge in [-0.25, -0.2) is 0 Å². The van der Waals surface area contributed by atoms with Gasteiger partial charge in [-0.05, 0) is 32.4 Å². The number of carbonyl (C=O) groups is 1. The highest BCUT2D eigenvalue weighted by atomic mass is 35.5. The molecule has 1 aromatic heterocycles. The third kappa shape index (κ3) is 3.59. The number of carbonyl (C=O) groups excluding carboxylic acids is 1. The predicted molar refractivity (Wildman–Crippen MR) is 60.3 cm³/mol. The maximum absolute atomic E-state index is 11.8. The molecule has 0 aliphatic carbocycles. The van der Waals surface area contributed by atoms with Gasteiger partial charge in [0.1, 0.15) is 5.76 Å². The van der Waals surface area contributed by atoms with Crippen molar-refractivity contribution in [2.75, 3.05) is 13.6 Å². The first-order chi connectivity index (χ1) is 7.00. The molecule has 1 amide bonds. The summed E-state index contributed by atoms with van der Waals surface area (Å²) in [5.74, 6) is 1.04. The molecule has 0 bridgehead atoms. The number of nitrogens with zero attached hydrogens (tertiary/aromatic N) is 1. The minimum absolute atomic E-state index is 0.0820. The van der Waals surface area contributed by atoms with Crippen LogP contribution in [0, 0.1) is 6.92 Å². The topological polar surface area (TPSA) is 33.5 Å². The van der Waals surface area contributed by atoms with Crippen molar-refractivity contribution < 1.29 is 9.21 Å². The summed E-state index contributed by atoms with van der Waals surface area (Å²) in [7, 11) is 1.75. The maximum atomic E-state index is 11.8. The standard InChI is InChI=1S/C11H16ClNO2/c1-8(12)6-7-13(3)11(14)10-5-4-9(2)15-10/h4-5,8H,6-7H2,1-3H3. The molecule has 0 aliphatic heterocycles. The van der Waals surface area contributed by atoms with Crippen LogP contribution in [-0.4, -0.2) is 29.8 Å². The number of aryl methyl sites for hydroxylation is 1. The largest absolute Gasteiger partial charge is 0.456 e. The molecule has 1 heterocycles. The second-order valence-corrected chi connectivity index (χ2v) is 4.45. The summed E-state index contributed by atoms with van der Waals surface area (Å²) in [6, 6.07) is 3.48. The van der Waals surface area contributed by atoms with E-state index in [1.54, 1.807) is 24.1 Å². The van der Waals surface area contributed by atoms with Crippen LogP contribution in [-0.2, 0) is 0 Å². The Morgan fingerprint density at radius 1 is 1.60 bits per heavy atom. The fourth-order valence-corrected chi connectivity index (χ4v) is 1.31. The molecule has 1 unspecified atom stereocenters. The minimum Gasteiger partial charge on any atom is -0.456 e. The van der Waals surface area contributed by atoms with E-state index in [-0.39, 0.29) is 11.3 Å². The number of hydrogen-bond donors (Lipinski definition) is 0. The number of furan rings is 1. The number of halogens is 1. The molecular weight excluding hydrogens is 214 g/mol. The van der Waals surface area contributed by atoms with Gasteiger partial charge < -0.3 is 9.32 Å². The summed E-state index contributed by atoms with van der Waals surface area (Å²) in [4.78, 5) is 13.4. The van der Waals surface area contributed by atoms with Crippen LogP contribution in [0.3, 0.4) is 0 Å². The first kappa shape index (κ1) is 12.1. The lowest BCUT2D eigenvalue weighted by atomic mass is 10.3. The summed E-state index contributed by atoms with van der Waals surface area (Å²) in [6.45, 7) is 4.37. The van der Waals surface area contributed by atoms with Crippen LogP contribution in [0.1, 0.15) is 29.7 Å². The van der Waals surface area contributed by atoms with Crippen molar-refractivity contribution in [3.8, 4) is 0 Å². The SMILES string of the molecule is Cc1ccc(C(=O)N(C)CCC(C)Cl)o1. The van der Waals surface area contributed by atoms with Crippen molar-refractivity contribution in [3.63, 3.8) is 0 Å². The van der Waals surface area contributed by atoms with Gasteiger partial charge in [0.05, 0.1) is 0 Å². The molecule has 3 nitrogen and oxygen atoms in total. The zero-order chi connectivity index (χ0) is 11.4. The van der Waals surface area contributed by atoms with Gasteiger partial charge in [-0.3, -0.25) is 4.79 Å². The number of amides is 1. The zero-order valence-electron chi connectivity index (χ0n) is 9.29. The van der Waals surface area contributed by atoms with Crippen LogP contribution in [0.5, 0.6) is 0 Å². The lowest BCUT2D eigenvalue weighted by Crippen LogP contribution is -2.28. The summed E-state index contributed by atoms with van der Waals surface area (Å²) >= 11 is 5.82. The first-order valence-electron chi connectivity index (χ1n) is 4.96. The normalized spacial score (nSPS) is 12.5. The molecule has 1 aromatic rings. The van der Waals surface area contributed by atoms with Gasteiger partial charge in [-0.2, -0.15) is 0 Å². The monoisotopic (exact) mass is 229 g/mol. The third-order valence-electron chi connectivity index (χ3n) is 2.16. The Morgan fingerprint density at radius 2 is 2.27 bits per heavy atom. The van der Waals surface area contributed by atoms with Gasteiger partial charge in [0.2, 0.25) is 0 Å². The fourth-order valence-electron chi connectivity index (χ4n) is 1.21. The van der Waals surface area contributed by atoms with Crippen molar-refractivity contribution in [1.29, 1.82) is 0 Å². The predicted octanol–water partition coefficient (Wildman–Crippen LogP) is 2.68. The summed E-state index contributed by atoms with van der Waals surface area (Å²) < 4.78 is 5.25. The van der Waals surface area contributed by atoms with Crippen LogP contribution < -0.4 is 0 Å². The van der Waals surface area contributed by atoms with Gasteiger partial charge in [0.25, 0.3) is 5.91 Å². The molecular formula is C11H16ClNO2. The second-order valence-electron chi connectivity index (χ2n) is 3.71. The Kier molecular flexibility index (Phi) is 4.21. The number of alkyl halides is 1. The molecule has 0 saturated carbocycles. The van der Waals surface area contributed by atoms with Crippen molar-refractivity contribution in [3.05, 3.63) is 23.7 Å². The van der Waals surface area contributed by atoms with Gasteiger partial charge in [0.15, 0.2) is 5.76 Å². The number of hydrogen-bond acceptors (Lipinski definition) is 2. The van der Waals surface area contributed by atoms with Gasteiger partial charge in [-0.15, -0.1) is 11.6 Å². The molecule has 0 saturated heterocycles. The van der Waals surface area contributed by atoms with E-state index in [0.29, 0.717) is 12.3 Å². The van der Waals surface area contributed by atoms with Crippen LogP contribution in [0.25, 0.3) is 0 Å². The molecule has 84 valence electrons. The Morgan fingerprint density at radius 3 is 2.73 bits per heavy atom. The van der Waals surface area contributed by atoms with Gasteiger partial charge >= 0.3 is 0 Å². The van der Waals surface area contributed by atoms with Crippen LogP contribution in [0.15, 0.2) is 16.5 Å². The van der Waals surface area contributed by atoms with Crippen LogP contribution >= 0.6 is 11.6 Å². The van der Waals surface area contributed by atoms with Gasteiger partial charge in [-0.1, -0.05) is 0 Å². The molecule has 0 spiro atoms. The average Bonchev–Trinajstić information content (AvgIpc) is 2.60.